The zero-order chi connectivity index (χ0) is 14.5. The molecule has 0 unspecified atom stereocenters. The molecule has 0 spiro atoms. The molecule has 4 heteroatoms. The molecule has 0 aromatic heterocycles. The normalized spacial score (nSPS) is 10.1. The number of hydrogen-bond donors (Lipinski definition) is 2. The van der Waals surface area contributed by atoms with E-state index in [4.69, 9.17) is 10.5 Å². The Morgan fingerprint density at radius 1 is 1.25 bits per heavy atom. The van der Waals surface area contributed by atoms with Gasteiger partial charge in [0.25, 0.3) is 0 Å². The zero-order valence-electron chi connectivity index (χ0n) is 11.6. The topological polar surface area (TPSA) is 64.3 Å². The molecule has 4 nitrogen and oxygen atoms in total. The minimum Gasteiger partial charge on any atom is -0.465 e. The second kappa shape index (κ2) is 6.10. The number of nitrogen functional groups attached to an aromatic ring is 1. The number of nitrogens with two attached hydrogens (primary N) is 1. The van der Waals surface area contributed by atoms with Crippen molar-refractivity contribution >= 4 is 17.3 Å². The Hall–Kier alpha value is -2.49. The predicted octanol–water partition coefficient (Wildman–Crippen LogP) is 2.98. The highest BCUT2D eigenvalue weighted by molar-refractivity contribution is 5.98. The van der Waals surface area contributed by atoms with Gasteiger partial charge in [0, 0.05) is 6.54 Å². The first kappa shape index (κ1) is 13.9. The highest BCUT2D eigenvalue weighted by atomic mass is 16.5. The SMILES string of the molecule is COC(=O)c1cccc(N)c1NCc1cccc(C)c1. The van der Waals surface area contributed by atoms with Crippen molar-refractivity contribution in [1.82, 2.24) is 0 Å². The lowest BCUT2D eigenvalue weighted by Crippen LogP contribution is -2.10. The highest BCUT2D eigenvalue weighted by Gasteiger charge is 2.13. The van der Waals surface area contributed by atoms with Crippen LogP contribution in [0.4, 0.5) is 11.4 Å². The first-order valence-corrected chi connectivity index (χ1v) is 6.38. The summed E-state index contributed by atoms with van der Waals surface area (Å²) >= 11 is 0. The third-order valence-electron chi connectivity index (χ3n) is 3.05. The van der Waals surface area contributed by atoms with Crippen LogP contribution in [-0.2, 0) is 11.3 Å². The number of hydrogen-bond acceptors (Lipinski definition) is 4. The van der Waals surface area contributed by atoms with E-state index in [0.717, 1.165) is 5.56 Å². The fourth-order valence-electron chi connectivity index (χ4n) is 2.06. The maximum absolute atomic E-state index is 11.7. The number of anilines is 2. The van der Waals surface area contributed by atoms with Crippen LogP contribution in [0, 0.1) is 6.92 Å². The summed E-state index contributed by atoms with van der Waals surface area (Å²) in [5.74, 6) is -0.399. The average Bonchev–Trinajstić information content (AvgIpc) is 2.45. The van der Waals surface area contributed by atoms with Crippen molar-refractivity contribution in [2.24, 2.45) is 0 Å². The predicted molar refractivity (Wildman–Crippen MR) is 80.7 cm³/mol. The van der Waals surface area contributed by atoms with Gasteiger partial charge in [0.05, 0.1) is 24.0 Å². The fraction of sp³-hybridized carbons (Fsp3) is 0.188. The highest BCUT2D eigenvalue weighted by Crippen LogP contribution is 2.24. The molecule has 0 aliphatic carbocycles. The molecular weight excluding hydrogens is 252 g/mol. The van der Waals surface area contributed by atoms with E-state index in [1.165, 1.54) is 12.7 Å². The van der Waals surface area contributed by atoms with Crippen LogP contribution in [0.15, 0.2) is 42.5 Å². The quantitative estimate of drug-likeness (QED) is 0.662. The average molecular weight is 270 g/mol. The monoisotopic (exact) mass is 270 g/mol. The Labute approximate surface area is 118 Å². The minimum atomic E-state index is -0.399. The number of carbonyl (C=O) groups is 1. The van der Waals surface area contributed by atoms with E-state index in [-0.39, 0.29) is 0 Å². The Morgan fingerprint density at radius 3 is 2.70 bits per heavy atom. The Morgan fingerprint density at radius 2 is 2.00 bits per heavy atom. The molecule has 0 atom stereocenters. The minimum absolute atomic E-state index is 0.399. The van der Waals surface area contributed by atoms with Gasteiger partial charge in [-0.3, -0.25) is 0 Å². The summed E-state index contributed by atoms with van der Waals surface area (Å²) < 4.78 is 4.77. The molecule has 0 saturated heterocycles. The molecular formula is C16H18N2O2. The largest absolute Gasteiger partial charge is 0.465 e. The van der Waals surface area contributed by atoms with Gasteiger partial charge in [0.15, 0.2) is 0 Å². The van der Waals surface area contributed by atoms with Crippen LogP contribution in [0.2, 0.25) is 0 Å². The number of rotatable bonds is 4. The molecule has 2 rings (SSSR count). The summed E-state index contributed by atoms with van der Waals surface area (Å²) in [6, 6.07) is 13.3. The van der Waals surface area contributed by atoms with Crippen molar-refractivity contribution in [2.45, 2.75) is 13.5 Å². The second-order valence-electron chi connectivity index (χ2n) is 4.60. The maximum atomic E-state index is 11.7. The molecule has 104 valence electrons. The van der Waals surface area contributed by atoms with Gasteiger partial charge in [-0.05, 0) is 24.6 Å². The lowest BCUT2D eigenvalue weighted by molar-refractivity contribution is 0.0602. The van der Waals surface area contributed by atoms with Crippen LogP contribution >= 0.6 is 0 Å². The van der Waals surface area contributed by atoms with E-state index in [2.05, 4.69) is 11.4 Å². The van der Waals surface area contributed by atoms with Crippen molar-refractivity contribution in [3.05, 3.63) is 59.2 Å². The van der Waals surface area contributed by atoms with E-state index in [1.807, 2.05) is 25.1 Å². The maximum Gasteiger partial charge on any atom is 0.340 e. The van der Waals surface area contributed by atoms with Crippen molar-refractivity contribution < 1.29 is 9.53 Å². The van der Waals surface area contributed by atoms with Gasteiger partial charge >= 0.3 is 5.97 Å². The summed E-state index contributed by atoms with van der Waals surface area (Å²) in [5, 5.41) is 3.21. The van der Waals surface area contributed by atoms with Gasteiger partial charge in [-0.25, -0.2) is 4.79 Å². The Balaban J connectivity index is 2.23. The van der Waals surface area contributed by atoms with E-state index < -0.39 is 5.97 Å². The van der Waals surface area contributed by atoms with Gasteiger partial charge < -0.3 is 15.8 Å². The number of methoxy groups -OCH3 is 1. The second-order valence-corrected chi connectivity index (χ2v) is 4.60. The molecule has 3 N–H and O–H groups in total. The summed E-state index contributed by atoms with van der Waals surface area (Å²) in [7, 11) is 1.36. The van der Waals surface area contributed by atoms with E-state index in [0.29, 0.717) is 23.5 Å². The third kappa shape index (κ3) is 3.09. The molecule has 0 amide bonds. The van der Waals surface area contributed by atoms with Gasteiger partial charge in [0.2, 0.25) is 0 Å². The molecule has 0 saturated carbocycles. The standard InChI is InChI=1S/C16H18N2O2/c1-11-5-3-6-12(9-11)10-18-15-13(16(19)20-2)7-4-8-14(15)17/h3-9,18H,10,17H2,1-2H3. The lowest BCUT2D eigenvalue weighted by Gasteiger charge is -2.13. The fourth-order valence-corrected chi connectivity index (χ4v) is 2.06. The number of ether oxygens (including phenoxy) is 1. The molecule has 0 bridgehead atoms. The first-order valence-electron chi connectivity index (χ1n) is 6.38. The number of para-hydroxylation sites is 1. The first-order chi connectivity index (χ1) is 9.61. The van der Waals surface area contributed by atoms with Crippen LogP contribution in [0.25, 0.3) is 0 Å². The summed E-state index contributed by atoms with van der Waals surface area (Å²) in [5.41, 5.74) is 9.84. The van der Waals surface area contributed by atoms with Crippen LogP contribution in [0.5, 0.6) is 0 Å². The lowest BCUT2D eigenvalue weighted by atomic mass is 10.1. The van der Waals surface area contributed by atoms with Crippen LogP contribution in [0.1, 0.15) is 21.5 Å². The molecule has 20 heavy (non-hydrogen) atoms. The molecule has 0 fully saturated rings. The van der Waals surface area contributed by atoms with Crippen molar-refractivity contribution in [2.75, 3.05) is 18.2 Å². The van der Waals surface area contributed by atoms with Crippen molar-refractivity contribution in [3.8, 4) is 0 Å². The molecule has 0 aliphatic rings. The van der Waals surface area contributed by atoms with Gasteiger partial charge in [-0.2, -0.15) is 0 Å². The Kier molecular flexibility index (Phi) is 4.25. The molecule has 2 aromatic carbocycles. The van der Waals surface area contributed by atoms with E-state index >= 15 is 0 Å². The van der Waals surface area contributed by atoms with E-state index in [9.17, 15) is 4.79 Å². The molecule has 2 aromatic rings. The molecule has 0 radical (unpaired) electrons. The van der Waals surface area contributed by atoms with Crippen molar-refractivity contribution in [3.63, 3.8) is 0 Å². The van der Waals surface area contributed by atoms with Gasteiger partial charge in [-0.1, -0.05) is 35.9 Å². The number of carbonyl (C=O) groups excluding carboxylic acids is 1. The van der Waals surface area contributed by atoms with E-state index in [1.54, 1.807) is 18.2 Å². The molecule has 0 heterocycles. The van der Waals surface area contributed by atoms with Gasteiger partial charge in [0.1, 0.15) is 0 Å². The summed E-state index contributed by atoms with van der Waals surface area (Å²) in [6.45, 7) is 2.64. The smallest absolute Gasteiger partial charge is 0.340 e. The number of nitrogens with one attached hydrogen (secondary N) is 1. The summed E-state index contributed by atoms with van der Waals surface area (Å²) in [4.78, 5) is 11.7. The summed E-state index contributed by atoms with van der Waals surface area (Å²) in [6.07, 6.45) is 0. The van der Waals surface area contributed by atoms with Gasteiger partial charge in [-0.15, -0.1) is 0 Å². The molecule has 0 aliphatic heterocycles. The number of aryl methyl sites for hydroxylation is 1. The van der Waals surface area contributed by atoms with Crippen LogP contribution in [0.3, 0.4) is 0 Å². The Bertz CT molecular complexity index is 624. The van der Waals surface area contributed by atoms with Crippen LogP contribution in [-0.4, -0.2) is 13.1 Å². The van der Waals surface area contributed by atoms with Crippen LogP contribution < -0.4 is 11.1 Å². The number of benzene rings is 2. The zero-order valence-corrected chi connectivity index (χ0v) is 11.6. The number of esters is 1. The third-order valence-corrected chi connectivity index (χ3v) is 3.05. The van der Waals surface area contributed by atoms with Crippen molar-refractivity contribution in [1.29, 1.82) is 0 Å².